The van der Waals surface area contributed by atoms with Gasteiger partial charge in [0.2, 0.25) is 0 Å². The molecular weight excluding hydrogens is 328 g/mol. The Kier molecular flexibility index (Phi) is 5.07. The lowest BCUT2D eigenvalue weighted by atomic mass is 10.1. The van der Waals surface area contributed by atoms with Gasteiger partial charge >= 0.3 is 0 Å². The summed E-state index contributed by atoms with van der Waals surface area (Å²) in [6.45, 7) is 7.97. The third-order valence-electron chi connectivity index (χ3n) is 4.43. The van der Waals surface area contributed by atoms with Crippen LogP contribution < -0.4 is 10.1 Å². The number of rotatable bonds is 5. The van der Waals surface area contributed by atoms with Crippen LogP contribution in [0.25, 0.3) is 0 Å². The van der Waals surface area contributed by atoms with Gasteiger partial charge in [-0.25, -0.2) is 0 Å². The zero-order chi connectivity index (χ0) is 18.7. The minimum Gasteiger partial charge on any atom is -0.489 e. The largest absolute Gasteiger partial charge is 0.489 e. The average molecular weight is 350 g/mol. The van der Waals surface area contributed by atoms with Crippen LogP contribution in [0.1, 0.15) is 38.5 Å². The summed E-state index contributed by atoms with van der Waals surface area (Å²) in [5.41, 5.74) is 4.91. The molecule has 3 aromatic rings. The summed E-state index contributed by atoms with van der Waals surface area (Å²) in [4.78, 5) is 12.7. The molecular formula is C21H22N2O3. The number of aryl methyl sites for hydroxylation is 3. The molecule has 0 saturated carbocycles. The maximum Gasteiger partial charge on any atom is 0.278 e. The summed E-state index contributed by atoms with van der Waals surface area (Å²) in [5.74, 6) is 1.01. The second-order valence-electron chi connectivity index (χ2n) is 6.37. The highest BCUT2D eigenvalue weighted by atomic mass is 16.5. The number of carbonyl (C=O) groups excluding carboxylic acids is 1. The van der Waals surface area contributed by atoms with Crippen molar-refractivity contribution in [2.75, 3.05) is 5.32 Å². The van der Waals surface area contributed by atoms with E-state index in [0.29, 0.717) is 11.3 Å². The first-order chi connectivity index (χ1) is 12.5. The quantitative estimate of drug-likeness (QED) is 0.722. The molecule has 134 valence electrons. The Morgan fingerprint density at radius 2 is 1.88 bits per heavy atom. The monoisotopic (exact) mass is 350 g/mol. The van der Waals surface area contributed by atoms with E-state index in [4.69, 9.17) is 9.26 Å². The van der Waals surface area contributed by atoms with Crippen molar-refractivity contribution in [1.29, 1.82) is 0 Å². The molecule has 0 spiro atoms. The lowest BCUT2D eigenvalue weighted by molar-refractivity contribution is 0.101. The van der Waals surface area contributed by atoms with Crippen molar-refractivity contribution in [1.82, 2.24) is 5.16 Å². The molecule has 0 unspecified atom stereocenters. The van der Waals surface area contributed by atoms with Gasteiger partial charge in [0.25, 0.3) is 5.91 Å². The number of ether oxygens (including phenoxy) is 1. The Bertz CT molecular complexity index is 944. The third-order valence-corrected chi connectivity index (χ3v) is 4.43. The van der Waals surface area contributed by atoms with Crippen LogP contribution in [0.4, 0.5) is 5.69 Å². The van der Waals surface area contributed by atoms with Crippen LogP contribution in [0.2, 0.25) is 0 Å². The van der Waals surface area contributed by atoms with Crippen molar-refractivity contribution in [3.05, 3.63) is 76.2 Å². The number of anilines is 1. The van der Waals surface area contributed by atoms with E-state index in [1.54, 1.807) is 6.92 Å². The lowest BCUT2D eigenvalue weighted by Gasteiger charge is -2.10. The van der Waals surface area contributed by atoms with Crippen molar-refractivity contribution in [2.24, 2.45) is 0 Å². The van der Waals surface area contributed by atoms with Crippen LogP contribution in [0, 0.1) is 27.7 Å². The normalized spacial score (nSPS) is 10.6. The van der Waals surface area contributed by atoms with E-state index in [1.807, 2.05) is 63.2 Å². The molecule has 0 aliphatic rings. The predicted octanol–water partition coefficient (Wildman–Crippen LogP) is 4.74. The highest BCUT2D eigenvalue weighted by molar-refractivity contribution is 6.04. The van der Waals surface area contributed by atoms with Crippen LogP contribution in [0.5, 0.6) is 5.75 Å². The zero-order valence-electron chi connectivity index (χ0n) is 15.4. The zero-order valence-corrected chi connectivity index (χ0v) is 15.4. The van der Waals surface area contributed by atoms with Gasteiger partial charge in [-0.3, -0.25) is 4.79 Å². The van der Waals surface area contributed by atoms with Crippen molar-refractivity contribution in [3.8, 4) is 5.75 Å². The van der Waals surface area contributed by atoms with Gasteiger partial charge in [0.15, 0.2) is 5.69 Å². The van der Waals surface area contributed by atoms with Gasteiger partial charge in [-0.15, -0.1) is 0 Å². The molecule has 0 saturated heterocycles. The van der Waals surface area contributed by atoms with Crippen molar-refractivity contribution in [3.63, 3.8) is 0 Å². The maximum atomic E-state index is 12.7. The minimum absolute atomic E-state index is 0.217. The molecule has 1 aromatic heterocycles. The highest BCUT2D eigenvalue weighted by Crippen LogP contribution is 2.22. The fourth-order valence-corrected chi connectivity index (χ4v) is 2.67. The predicted molar refractivity (Wildman–Crippen MR) is 101 cm³/mol. The summed E-state index contributed by atoms with van der Waals surface area (Å²) in [5, 5.41) is 6.84. The van der Waals surface area contributed by atoms with Gasteiger partial charge in [-0.05, 0) is 62.6 Å². The highest BCUT2D eigenvalue weighted by Gasteiger charge is 2.21. The minimum atomic E-state index is -0.307. The fraction of sp³-hybridized carbons (Fsp3) is 0.238. The van der Waals surface area contributed by atoms with E-state index in [2.05, 4.69) is 10.5 Å². The number of hydrogen-bond donors (Lipinski definition) is 1. The molecule has 0 aliphatic heterocycles. The molecule has 5 heteroatoms. The number of carbonyl (C=O) groups is 1. The summed E-state index contributed by atoms with van der Waals surface area (Å²) in [7, 11) is 0. The smallest absolute Gasteiger partial charge is 0.278 e. The van der Waals surface area contributed by atoms with Gasteiger partial charge in [-0.2, -0.15) is 0 Å². The number of benzene rings is 2. The number of amides is 1. The van der Waals surface area contributed by atoms with E-state index in [9.17, 15) is 4.79 Å². The topological polar surface area (TPSA) is 64.4 Å². The molecule has 0 bridgehead atoms. The molecule has 0 radical (unpaired) electrons. The van der Waals surface area contributed by atoms with Gasteiger partial charge < -0.3 is 14.6 Å². The van der Waals surface area contributed by atoms with Crippen molar-refractivity contribution < 1.29 is 14.1 Å². The molecule has 3 rings (SSSR count). The molecule has 2 aromatic carbocycles. The Morgan fingerprint density at radius 1 is 1.12 bits per heavy atom. The summed E-state index contributed by atoms with van der Waals surface area (Å²) >= 11 is 0. The lowest BCUT2D eigenvalue weighted by Crippen LogP contribution is -2.16. The van der Waals surface area contributed by atoms with Crippen molar-refractivity contribution >= 4 is 11.6 Å². The average Bonchev–Trinajstić information content (AvgIpc) is 2.98. The fourth-order valence-electron chi connectivity index (χ4n) is 2.67. The second kappa shape index (κ2) is 7.44. The molecule has 0 aliphatic carbocycles. The summed E-state index contributed by atoms with van der Waals surface area (Å²) in [6.07, 6.45) is 0. The van der Waals surface area contributed by atoms with Crippen LogP contribution in [-0.4, -0.2) is 11.1 Å². The van der Waals surface area contributed by atoms with Crippen molar-refractivity contribution in [2.45, 2.75) is 34.3 Å². The molecule has 26 heavy (non-hydrogen) atoms. The van der Waals surface area contributed by atoms with Gasteiger partial charge in [0.1, 0.15) is 18.1 Å². The summed E-state index contributed by atoms with van der Waals surface area (Å²) < 4.78 is 11.0. The Balaban J connectivity index is 1.78. The molecule has 5 nitrogen and oxygen atoms in total. The van der Waals surface area contributed by atoms with Gasteiger partial charge in [-0.1, -0.05) is 29.4 Å². The number of nitrogens with zero attached hydrogens (tertiary/aromatic N) is 1. The van der Waals surface area contributed by atoms with Crippen LogP contribution >= 0.6 is 0 Å². The standard InChI is InChI=1S/C21H22N2O3/c1-13-7-5-9-17(11-13)25-12-18-16(4)26-23-20(18)21(24)22-19-10-6-8-14(2)15(19)3/h5-11H,12H2,1-4H3,(H,22,24). The van der Waals surface area contributed by atoms with Crippen LogP contribution in [0.3, 0.4) is 0 Å². The molecule has 1 N–H and O–H groups in total. The second-order valence-corrected chi connectivity index (χ2v) is 6.37. The first-order valence-corrected chi connectivity index (χ1v) is 8.48. The summed E-state index contributed by atoms with van der Waals surface area (Å²) in [6, 6.07) is 13.5. The Morgan fingerprint density at radius 3 is 2.65 bits per heavy atom. The van der Waals surface area contributed by atoms with E-state index in [-0.39, 0.29) is 18.2 Å². The molecule has 1 amide bonds. The van der Waals surface area contributed by atoms with E-state index < -0.39 is 0 Å². The maximum absolute atomic E-state index is 12.7. The van der Waals surface area contributed by atoms with Crippen LogP contribution in [0.15, 0.2) is 47.0 Å². The first-order valence-electron chi connectivity index (χ1n) is 8.48. The Labute approximate surface area is 153 Å². The van der Waals surface area contributed by atoms with Gasteiger partial charge in [0, 0.05) is 5.69 Å². The number of hydrogen-bond acceptors (Lipinski definition) is 4. The van der Waals surface area contributed by atoms with E-state index in [0.717, 1.165) is 28.1 Å². The van der Waals surface area contributed by atoms with E-state index in [1.165, 1.54) is 0 Å². The first kappa shape index (κ1) is 17.7. The SMILES string of the molecule is Cc1cccc(OCc2c(C(=O)Nc3cccc(C)c3C)noc2C)c1. The number of aromatic nitrogens is 1. The van der Waals surface area contributed by atoms with E-state index >= 15 is 0 Å². The van der Waals surface area contributed by atoms with Crippen LogP contribution in [-0.2, 0) is 6.61 Å². The molecule has 0 fully saturated rings. The Hall–Kier alpha value is -3.08. The molecule has 0 atom stereocenters. The number of nitrogens with one attached hydrogen (secondary N) is 1. The third kappa shape index (κ3) is 3.77. The van der Waals surface area contributed by atoms with Gasteiger partial charge in [0.05, 0.1) is 5.56 Å². The molecule has 1 heterocycles.